The van der Waals surface area contributed by atoms with Gasteiger partial charge in [-0.15, -0.1) is 0 Å². The number of rotatable bonds is 6. The quantitative estimate of drug-likeness (QED) is 0.682. The Kier molecular flexibility index (Phi) is 6.65. The van der Waals surface area contributed by atoms with Crippen molar-refractivity contribution in [2.45, 2.75) is 31.9 Å². The largest absolute Gasteiger partial charge is 0.317 e. The first kappa shape index (κ1) is 12.3. The molecular formula is C11H24N2S. The van der Waals surface area contributed by atoms with Crippen LogP contribution in [0.5, 0.6) is 0 Å². The Morgan fingerprint density at radius 3 is 3.00 bits per heavy atom. The standard InChI is InChI=1S/C11H24N2S/c1-3-5-12-6-4-7-13-8-9-14-11(2)10-13/h11-12H,3-10H2,1-2H3. The minimum absolute atomic E-state index is 0.840. The van der Waals surface area contributed by atoms with Gasteiger partial charge in [0.1, 0.15) is 0 Å². The molecule has 0 amide bonds. The third-order valence-electron chi connectivity index (χ3n) is 2.58. The molecule has 1 heterocycles. The van der Waals surface area contributed by atoms with Gasteiger partial charge in [-0.2, -0.15) is 11.8 Å². The van der Waals surface area contributed by atoms with Gasteiger partial charge in [0.05, 0.1) is 0 Å². The second-order valence-electron chi connectivity index (χ2n) is 4.09. The van der Waals surface area contributed by atoms with Gasteiger partial charge >= 0.3 is 0 Å². The van der Waals surface area contributed by atoms with E-state index >= 15 is 0 Å². The lowest BCUT2D eigenvalue weighted by atomic mass is 10.3. The Hall–Kier alpha value is 0.270. The normalized spacial score (nSPS) is 24.0. The maximum absolute atomic E-state index is 3.45. The molecule has 0 aliphatic carbocycles. The first-order chi connectivity index (χ1) is 6.83. The number of nitrogens with zero attached hydrogens (tertiary/aromatic N) is 1. The molecule has 1 aliphatic rings. The zero-order chi connectivity index (χ0) is 10.2. The monoisotopic (exact) mass is 216 g/mol. The summed E-state index contributed by atoms with van der Waals surface area (Å²) in [4.78, 5) is 2.61. The zero-order valence-electron chi connectivity index (χ0n) is 9.59. The van der Waals surface area contributed by atoms with Crippen molar-refractivity contribution in [3.05, 3.63) is 0 Å². The van der Waals surface area contributed by atoms with Crippen LogP contribution in [0.1, 0.15) is 26.7 Å². The van der Waals surface area contributed by atoms with E-state index in [-0.39, 0.29) is 0 Å². The first-order valence-electron chi connectivity index (χ1n) is 5.87. The van der Waals surface area contributed by atoms with E-state index in [0.717, 1.165) is 5.25 Å². The highest BCUT2D eigenvalue weighted by Crippen LogP contribution is 2.17. The molecule has 1 unspecified atom stereocenters. The average molecular weight is 216 g/mol. The van der Waals surface area contributed by atoms with E-state index in [0.29, 0.717) is 0 Å². The van der Waals surface area contributed by atoms with Crippen LogP contribution in [0.2, 0.25) is 0 Å². The predicted molar refractivity (Wildman–Crippen MR) is 66.1 cm³/mol. The molecule has 2 nitrogen and oxygen atoms in total. The van der Waals surface area contributed by atoms with Crippen LogP contribution >= 0.6 is 11.8 Å². The van der Waals surface area contributed by atoms with Crippen molar-refractivity contribution < 1.29 is 0 Å². The maximum atomic E-state index is 3.45. The summed E-state index contributed by atoms with van der Waals surface area (Å²) in [5.74, 6) is 1.32. The Morgan fingerprint density at radius 2 is 2.29 bits per heavy atom. The van der Waals surface area contributed by atoms with E-state index in [1.807, 2.05) is 0 Å². The smallest absolute Gasteiger partial charge is 0.0147 e. The van der Waals surface area contributed by atoms with Gasteiger partial charge < -0.3 is 10.2 Å². The summed E-state index contributed by atoms with van der Waals surface area (Å²) in [6.45, 7) is 10.8. The highest BCUT2D eigenvalue weighted by atomic mass is 32.2. The summed E-state index contributed by atoms with van der Waals surface area (Å²) in [5.41, 5.74) is 0. The van der Waals surface area contributed by atoms with Crippen molar-refractivity contribution in [3.63, 3.8) is 0 Å². The molecule has 0 saturated carbocycles. The lowest BCUT2D eigenvalue weighted by molar-refractivity contribution is 0.281. The third-order valence-corrected chi connectivity index (χ3v) is 3.72. The Bertz CT molecular complexity index is 141. The highest BCUT2D eigenvalue weighted by molar-refractivity contribution is 7.99. The second kappa shape index (κ2) is 7.55. The lowest BCUT2D eigenvalue weighted by Crippen LogP contribution is -2.38. The molecule has 0 aromatic carbocycles. The van der Waals surface area contributed by atoms with Crippen LogP contribution in [0.3, 0.4) is 0 Å². The summed E-state index contributed by atoms with van der Waals surface area (Å²) in [6, 6.07) is 0. The van der Waals surface area contributed by atoms with Gasteiger partial charge in [0.15, 0.2) is 0 Å². The molecule has 3 heteroatoms. The SMILES string of the molecule is CCCNCCCN1CCSC(C)C1. The molecule has 0 spiro atoms. The number of hydrogen-bond acceptors (Lipinski definition) is 3. The van der Waals surface area contributed by atoms with E-state index in [2.05, 4.69) is 35.8 Å². The van der Waals surface area contributed by atoms with Gasteiger partial charge in [-0.05, 0) is 32.5 Å². The lowest BCUT2D eigenvalue weighted by Gasteiger charge is -2.30. The molecule has 1 fully saturated rings. The van der Waals surface area contributed by atoms with Crippen LogP contribution in [0.25, 0.3) is 0 Å². The van der Waals surface area contributed by atoms with Crippen molar-refractivity contribution in [1.82, 2.24) is 10.2 Å². The molecular weight excluding hydrogens is 192 g/mol. The maximum Gasteiger partial charge on any atom is 0.0147 e. The molecule has 0 aromatic rings. The second-order valence-corrected chi connectivity index (χ2v) is 5.63. The fourth-order valence-electron chi connectivity index (χ4n) is 1.82. The van der Waals surface area contributed by atoms with Crippen LogP contribution in [-0.4, -0.2) is 48.6 Å². The molecule has 84 valence electrons. The Balaban J connectivity index is 1.95. The summed E-state index contributed by atoms with van der Waals surface area (Å²) in [5, 5.41) is 4.29. The van der Waals surface area contributed by atoms with E-state index in [1.165, 1.54) is 51.3 Å². The topological polar surface area (TPSA) is 15.3 Å². The molecule has 1 saturated heterocycles. The van der Waals surface area contributed by atoms with Crippen molar-refractivity contribution in [2.75, 3.05) is 38.5 Å². The fourth-order valence-corrected chi connectivity index (χ4v) is 2.91. The molecule has 14 heavy (non-hydrogen) atoms. The van der Waals surface area contributed by atoms with Crippen LogP contribution in [0.4, 0.5) is 0 Å². The Labute approximate surface area is 92.8 Å². The van der Waals surface area contributed by atoms with E-state index in [1.54, 1.807) is 0 Å². The van der Waals surface area contributed by atoms with E-state index in [4.69, 9.17) is 0 Å². The average Bonchev–Trinajstić information content (AvgIpc) is 2.18. The highest BCUT2D eigenvalue weighted by Gasteiger charge is 2.15. The van der Waals surface area contributed by atoms with Crippen molar-refractivity contribution >= 4 is 11.8 Å². The summed E-state index contributed by atoms with van der Waals surface area (Å²) >= 11 is 2.11. The molecule has 1 aliphatic heterocycles. The number of hydrogen-bond donors (Lipinski definition) is 1. The van der Waals surface area contributed by atoms with Crippen molar-refractivity contribution in [2.24, 2.45) is 0 Å². The van der Waals surface area contributed by atoms with Crippen LogP contribution in [0.15, 0.2) is 0 Å². The summed E-state index contributed by atoms with van der Waals surface area (Å²) in [6.07, 6.45) is 2.55. The molecule has 0 radical (unpaired) electrons. The minimum atomic E-state index is 0.840. The van der Waals surface area contributed by atoms with Gasteiger partial charge in [0.25, 0.3) is 0 Å². The molecule has 1 N–H and O–H groups in total. The van der Waals surface area contributed by atoms with Gasteiger partial charge in [-0.1, -0.05) is 13.8 Å². The third kappa shape index (κ3) is 5.23. The van der Waals surface area contributed by atoms with Gasteiger partial charge in [0.2, 0.25) is 0 Å². The first-order valence-corrected chi connectivity index (χ1v) is 6.92. The van der Waals surface area contributed by atoms with Gasteiger partial charge in [0, 0.05) is 24.1 Å². The van der Waals surface area contributed by atoms with Crippen LogP contribution in [0, 0.1) is 0 Å². The van der Waals surface area contributed by atoms with Crippen LogP contribution < -0.4 is 5.32 Å². The van der Waals surface area contributed by atoms with Gasteiger partial charge in [-0.3, -0.25) is 0 Å². The predicted octanol–water partition coefficient (Wildman–Crippen LogP) is 1.81. The molecule has 0 bridgehead atoms. The Morgan fingerprint density at radius 1 is 1.43 bits per heavy atom. The summed E-state index contributed by atoms with van der Waals surface area (Å²) in [7, 11) is 0. The van der Waals surface area contributed by atoms with E-state index < -0.39 is 0 Å². The van der Waals surface area contributed by atoms with Gasteiger partial charge in [-0.25, -0.2) is 0 Å². The van der Waals surface area contributed by atoms with E-state index in [9.17, 15) is 0 Å². The summed E-state index contributed by atoms with van der Waals surface area (Å²) < 4.78 is 0. The molecule has 0 aromatic heterocycles. The fraction of sp³-hybridized carbons (Fsp3) is 1.00. The molecule has 1 rings (SSSR count). The van der Waals surface area contributed by atoms with Crippen LogP contribution in [-0.2, 0) is 0 Å². The van der Waals surface area contributed by atoms with Crippen molar-refractivity contribution in [1.29, 1.82) is 0 Å². The van der Waals surface area contributed by atoms with Crippen molar-refractivity contribution in [3.8, 4) is 0 Å². The zero-order valence-corrected chi connectivity index (χ0v) is 10.4. The number of nitrogens with one attached hydrogen (secondary N) is 1. The minimum Gasteiger partial charge on any atom is -0.317 e. The molecule has 1 atom stereocenters. The number of thioether (sulfide) groups is 1.